The Morgan fingerprint density at radius 2 is 0.517 bits per heavy atom. The highest BCUT2D eigenvalue weighted by molar-refractivity contribution is 5.86. The van der Waals surface area contributed by atoms with Crippen LogP contribution in [0.3, 0.4) is 0 Å². The number of rotatable bonds is 58. The van der Waals surface area contributed by atoms with Gasteiger partial charge in [0.2, 0.25) is 11.4 Å². The van der Waals surface area contributed by atoms with E-state index in [1.54, 1.807) is 4.70 Å². The maximum Gasteiger partial charge on any atom is 0.223 e. The van der Waals surface area contributed by atoms with Gasteiger partial charge in [0.25, 0.3) is 0 Å². The summed E-state index contributed by atoms with van der Waals surface area (Å²) in [5.74, 6) is 21.6. The van der Waals surface area contributed by atoms with Crippen molar-refractivity contribution in [1.29, 1.82) is 0 Å². The van der Waals surface area contributed by atoms with Crippen LogP contribution in [0.1, 0.15) is 416 Å². The van der Waals surface area contributed by atoms with Gasteiger partial charge >= 0.3 is 0 Å². The average Bonchev–Trinajstić information content (AvgIpc) is 1.73. The lowest BCUT2D eigenvalue weighted by Crippen LogP contribution is -2.07. The zero-order chi connectivity index (χ0) is 61.8. The minimum atomic E-state index is 0.874. The van der Waals surface area contributed by atoms with Crippen molar-refractivity contribution in [3.8, 4) is 35.5 Å². The van der Waals surface area contributed by atoms with E-state index >= 15 is 0 Å². The van der Waals surface area contributed by atoms with Gasteiger partial charge in [-0.25, -0.2) is 4.70 Å². The molecule has 2 heteroatoms. The van der Waals surface area contributed by atoms with E-state index < -0.39 is 0 Å². The van der Waals surface area contributed by atoms with Crippen LogP contribution in [-0.4, -0.2) is 4.70 Å². The first-order valence-electron chi connectivity index (χ1n) is 38.7. The zero-order valence-electron chi connectivity index (χ0n) is 58.2. The molecule has 2 nitrogen and oxygen atoms in total. The second-order valence-corrected chi connectivity index (χ2v) is 26.8. The molecule has 0 N–H and O–H groups in total. The van der Waals surface area contributed by atoms with Crippen molar-refractivity contribution < 1.29 is 4.70 Å². The molecule has 0 spiro atoms. The molecule has 0 saturated carbocycles. The fourth-order valence-corrected chi connectivity index (χ4v) is 13.2. The Balaban J connectivity index is 1.47. The zero-order valence-corrected chi connectivity index (χ0v) is 58.2. The van der Waals surface area contributed by atoms with Gasteiger partial charge in [0.15, 0.2) is 0 Å². The van der Waals surface area contributed by atoms with Gasteiger partial charge in [0.05, 0.1) is 5.56 Å². The standard InChI is InChI=1S/C85H138N2/c1-5-9-13-16-19-22-24-26-28-30-32-34-36-38-40-42-44-46-48-50-52-54-56-59-63-70-78-72-66-68-74-80(78)84-82(76-62-12-8-4)83(77-65-61-58-21-18-15-11-7-3)85(87(84)86)81-75-69-67-73-79(81)71-64-60-57-55-53-51-49-47-45-43-41-39-37-35-33-31-29-27-25-23-20-17-14-10-6-2/h66-69,72-75H,5-53,58-64,70-71,76H2,1-4H3. The van der Waals surface area contributed by atoms with E-state index in [4.69, 9.17) is 0 Å². The molecule has 0 aliphatic carbocycles. The van der Waals surface area contributed by atoms with Crippen LogP contribution >= 0.6 is 0 Å². The van der Waals surface area contributed by atoms with Crippen molar-refractivity contribution in [3.63, 3.8) is 0 Å². The molecule has 0 amide bonds. The SMILES string of the molecule is CCCCCCCCC#CC1=C(c2ccccc2CCCC#CCCCCCCCCCCCCCCCCCCCCCC)[N+](=[N-])C(c2ccccc2CCCC#CCCCCCCCCCCCCCCCCCCCCCC)=C1CCCCC. The van der Waals surface area contributed by atoms with E-state index in [1.807, 2.05) is 0 Å². The van der Waals surface area contributed by atoms with Crippen LogP contribution in [0.25, 0.3) is 16.9 Å². The molecule has 87 heavy (non-hydrogen) atoms. The maximum atomic E-state index is 12.8. The number of aryl methyl sites for hydroxylation is 2. The number of hydrogen-bond donors (Lipinski definition) is 0. The molecule has 1 heterocycles. The molecule has 0 atom stereocenters. The van der Waals surface area contributed by atoms with Crippen molar-refractivity contribution >= 4 is 11.4 Å². The van der Waals surface area contributed by atoms with Gasteiger partial charge in [-0.05, 0) is 81.0 Å². The molecule has 0 radical (unpaired) electrons. The fourth-order valence-electron chi connectivity index (χ4n) is 13.2. The monoisotopic (exact) mass is 1190 g/mol. The summed E-state index contributed by atoms with van der Waals surface area (Å²) in [6, 6.07) is 17.7. The van der Waals surface area contributed by atoms with E-state index in [-0.39, 0.29) is 0 Å². The van der Waals surface area contributed by atoms with Gasteiger partial charge in [-0.3, -0.25) is 0 Å². The number of benzene rings is 2. The Morgan fingerprint density at radius 3 is 0.839 bits per heavy atom. The molecular weight excluding hydrogens is 1050 g/mol. The quantitative estimate of drug-likeness (QED) is 0.0358. The van der Waals surface area contributed by atoms with E-state index in [1.165, 1.54) is 306 Å². The van der Waals surface area contributed by atoms with Gasteiger partial charge in [-0.15, -0.1) is 23.7 Å². The number of unbranched alkanes of at least 4 members (excludes halogenated alkanes) is 50. The molecule has 0 fully saturated rings. The largest absolute Gasteiger partial charge is 0.493 e. The molecule has 0 saturated heterocycles. The number of hydrogen-bond acceptors (Lipinski definition) is 0. The topological polar surface area (TPSA) is 25.3 Å². The third-order valence-corrected chi connectivity index (χ3v) is 18.7. The Hall–Kier alpha value is -3.80. The van der Waals surface area contributed by atoms with Gasteiger partial charge in [0.1, 0.15) is 5.57 Å². The molecule has 2 aromatic carbocycles. The lowest BCUT2D eigenvalue weighted by molar-refractivity contribution is -0.345. The second kappa shape index (κ2) is 58.6. The van der Waals surface area contributed by atoms with Crippen molar-refractivity contribution in [1.82, 2.24) is 0 Å². The summed E-state index contributed by atoms with van der Waals surface area (Å²) in [7, 11) is 0. The van der Waals surface area contributed by atoms with Crippen molar-refractivity contribution in [2.24, 2.45) is 0 Å². The van der Waals surface area contributed by atoms with E-state index in [2.05, 4.69) is 112 Å². The minimum absolute atomic E-state index is 0.874. The van der Waals surface area contributed by atoms with Gasteiger partial charge < -0.3 is 5.53 Å². The molecule has 1 aliphatic heterocycles. The normalized spacial score (nSPS) is 12.2. The number of allylic oxidation sites excluding steroid dienone is 2. The van der Waals surface area contributed by atoms with Crippen molar-refractivity contribution in [3.05, 3.63) is 87.5 Å². The highest BCUT2D eigenvalue weighted by atomic mass is 15.2. The average molecular weight is 1190 g/mol. The Labute approximate surface area is 542 Å². The molecule has 2 aromatic rings. The summed E-state index contributed by atoms with van der Waals surface area (Å²) >= 11 is 0. The third-order valence-electron chi connectivity index (χ3n) is 18.7. The lowest BCUT2D eigenvalue weighted by Gasteiger charge is -2.14. The fraction of sp³-hybridized carbons (Fsp3) is 0.741. The highest BCUT2D eigenvalue weighted by Crippen LogP contribution is 2.44. The summed E-state index contributed by atoms with van der Waals surface area (Å²) in [6.07, 6.45) is 77.2. The molecule has 0 bridgehead atoms. The first-order chi connectivity index (χ1) is 43.2. The smallest absolute Gasteiger partial charge is 0.223 e. The van der Waals surface area contributed by atoms with Crippen LogP contribution in [-0.2, 0) is 12.8 Å². The van der Waals surface area contributed by atoms with E-state index in [0.717, 1.165) is 118 Å². The summed E-state index contributed by atoms with van der Waals surface area (Å²) in [5.41, 5.74) is 21.6. The minimum Gasteiger partial charge on any atom is -0.493 e. The van der Waals surface area contributed by atoms with Crippen LogP contribution in [0.2, 0.25) is 0 Å². The molecule has 3 rings (SSSR count). The molecule has 0 aromatic heterocycles. The summed E-state index contributed by atoms with van der Waals surface area (Å²) in [6.45, 7) is 9.19. The van der Waals surface area contributed by atoms with Crippen LogP contribution in [0.15, 0.2) is 59.7 Å². The summed E-state index contributed by atoms with van der Waals surface area (Å²) in [5, 5.41) is 0. The molecule has 0 unspecified atom stereocenters. The summed E-state index contributed by atoms with van der Waals surface area (Å²) in [4.78, 5) is 0. The van der Waals surface area contributed by atoms with Gasteiger partial charge in [-0.1, -0.05) is 365 Å². The van der Waals surface area contributed by atoms with Crippen LogP contribution in [0.4, 0.5) is 0 Å². The van der Waals surface area contributed by atoms with Gasteiger partial charge in [-0.2, -0.15) is 0 Å². The van der Waals surface area contributed by atoms with Crippen molar-refractivity contribution in [2.75, 3.05) is 0 Å². The molecule has 488 valence electrons. The second-order valence-electron chi connectivity index (χ2n) is 26.8. The Bertz CT molecular complexity index is 2220. The third kappa shape index (κ3) is 39.8. The maximum absolute atomic E-state index is 12.8. The highest BCUT2D eigenvalue weighted by Gasteiger charge is 2.36. The Morgan fingerprint density at radius 1 is 0.264 bits per heavy atom. The number of nitrogens with zero attached hydrogens (tertiary/aromatic N) is 2. The van der Waals surface area contributed by atoms with Crippen LogP contribution in [0, 0.1) is 35.5 Å². The first-order valence-corrected chi connectivity index (χ1v) is 38.7. The predicted molar refractivity (Wildman–Crippen MR) is 387 cm³/mol. The predicted octanol–water partition coefficient (Wildman–Crippen LogP) is 28.3. The molecular formula is C85H138N2. The van der Waals surface area contributed by atoms with Crippen molar-refractivity contribution in [2.45, 2.75) is 407 Å². The van der Waals surface area contributed by atoms with Gasteiger partial charge in [0, 0.05) is 43.2 Å². The van der Waals surface area contributed by atoms with Crippen LogP contribution in [0.5, 0.6) is 0 Å². The molecule has 1 aliphatic rings. The first kappa shape index (κ1) is 77.4. The van der Waals surface area contributed by atoms with Crippen LogP contribution < -0.4 is 0 Å². The van der Waals surface area contributed by atoms with E-state index in [0.29, 0.717) is 0 Å². The lowest BCUT2D eigenvalue weighted by atomic mass is 9.92. The van der Waals surface area contributed by atoms with E-state index in [9.17, 15) is 5.53 Å². The summed E-state index contributed by atoms with van der Waals surface area (Å²) < 4.78 is 1.56. The Kier molecular flexibility index (Phi) is 52.1.